The van der Waals surface area contributed by atoms with Crippen LogP contribution in [0, 0.1) is 13.8 Å². The van der Waals surface area contributed by atoms with E-state index in [1.54, 1.807) is 25.1 Å². The molecule has 0 aliphatic rings. The Morgan fingerprint density at radius 2 is 2.20 bits per heavy atom. The van der Waals surface area contributed by atoms with Crippen molar-refractivity contribution in [2.24, 2.45) is 0 Å². The van der Waals surface area contributed by atoms with E-state index in [1.807, 2.05) is 6.92 Å². The molecule has 0 fully saturated rings. The fourth-order valence-corrected chi connectivity index (χ4v) is 2.69. The fraction of sp³-hybridized carbons (Fsp3) is 0.400. The van der Waals surface area contributed by atoms with E-state index in [0.717, 1.165) is 18.8 Å². The molecule has 4 nitrogen and oxygen atoms in total. The molecule has 0 spiro atoms. The summed E-state index contributed by atoms with van der Waals surface area (Å²) < 4.78 is 10.4. The van der Waals surface area contributed by atoms with E-state index in [9.17, 15) is 0 Å². The quantitative estimate of drug-likeness (QED) is 0.794. The smallest absolute Gasteiger partial charge is 0.260 e. The summed E-state index contributed by atoms with van der Waals surface area (Å²) in [6, 6.07) is 6.42. The summed E-state index contributed by atoms with van der Waals surface area (Å²) in [6.07, 6.45) is 1.67. The average Bonchev–Trinajstić information content (AvgIpc) is 2.83. The Morgan fingerprint density at radius 3 is 2.90 bits per heavy atom. The maximum Gasteiger partial charge on any atom is 0.260 e. The fourth-order valence-electron chi connectivity index (χ4n) is 1.82. The van der Waals surface area contributed by atoms with Crippen molar-refractivity contribution in [1.29, 1.82) is 0 Å². The first kappa shape index (κ1) is 15.1. The van der Waals surface area contributed by atoms with E-state index in [4.69, 9.17) is 9.15 Å². The average molecular weight is 292 g/mol. The standard InChI is InChI=1S/C15H20N2O2S/c1-11-4-5-14(20-15-17-12(2)10-19-15)13(8-11)9-16-6-7-18-3/h4-5,8,10,16H,6-7,9H2,1-3H3. The molecule has 0 saturated carbocycles. The van der Waals surface area contributed by atoms with E-state index in [2.05, 4.69) is 35.4 Å². The first-order valence-electron chi connectivity index (χ1n) is 6.58. The normalized spacial score (nSPS) is 10.9. The number of aromatic nitrogens is 1. The zero-order valence-electron chi connectivity index (χ0n) is 12.1. The summed E-state index contributed by atoms with van der Waals surface area (Å²) in [4.78, 5) is 5.50. The van der Waals surface area contributed by atoms with Crippen LogP contribution in [0.3, 0.4) is 0 Å². The van der Waals surface area contributed by atoms with Crippen LogP contribution in [0.1, 0.15) is 16.8 Å². The predicted octanol–water partition coefficient (Wildman–Crippen LogP) is 3.18. The second-order valence-corrected chi connectivity index (χ2v) is 5.63. The summed E-state index contributed by atoms with van der Waals surface area (Å²) in [5.41, 5.74) is 3.41. The van der Waals surface area contributed by atoms with Crippen molar-refractivity contribution in [2.75, 3.05) is 20.3 Å². The van der Waals surface area contributed by atoms with Gasteiger partial charge in [-0.15, -0.1) is 0 Å². The van der Waals surface area contributed by atoms with Gasteiger partial charge in [0.05, 0.1) is 12.3 Å². The van der Waals surface area contributed by atoms with Gasteiger partial charge < -0.3 is 14.5 Å². The Kier molecular flexibility index (Phi) is 5.64. The minimum Gasteiger partial charge on any atom is -0.439 e. The molecule has 1 aromatic heterocycles. The van der Waals surface area contributed by atoms with Gasteiger partial charge in [0.15, 0.2) is 0 Å². The molecule has 5 heteroatoms. The third kappa shape index (κ3) is 4.37. The molecule has 0 amide bonds. The van der Waals surface area contributed by atoms with Crippen molar-refractivity contribution in [3.8, 4) is 0 Å². The number of hydrogen-bond acceptors (Lipinski definition) is 5. The summed E-state index contributed by atoms with van der Waals surface area (Å²) in [6.45, 7) is 6.39. The molecule has 0 aliphatic heterocycles. The minimum atomic E-state index is 0.685. The van der Waals surface area contributed by atoms with Crippen LogP contribution in [0.25, 0.3) is 0 Å². The molecule has 1 aromatic carbocycles. The van der Waals surface area contributed by atoms with Gasteiger partial charge in [0.1, 0.15) is 6.26 Å². The molecular formula is C15H20N2O2S. The van der Waals surface area contributed by atoms with Crippen molar-refractivity contribution in [3.05, 3.63) is 41.3 Å². The number of nitrogens with zero attached hydrogens (tertiary/aromatic N) is 1. The highest BCUT2D eigenvalue weighted by Gasteiger charge is 2.08. The molecular weight excluding hydrogens is 272 g/mol. The number of nitrogens with one attached hydrogen (secondary N) is 1. The zero-order valence-corrected chi connectivity index (χ0v) is 12.9. The predicted molar refractivity (Wildman–Crippen MR) is 80.1 cm³/mol. The topological polar surface area (TPSA) is 47.3 Å². The number of aryl methyl sites for hydroxylation is 2. The molecule has 2 aromatic rings. The molecule has 0 saturated heterocycles. The number of ether oxygens (including phenoxy) is 1. The van der Waals surface area contributed by atoms with Crippen LogP contribution < -0.4 is 5.32 Å². The molecule has 108 valence electrons. The van der Waals surface area contributed by atoms with Crippen LogP contribution in [0.5, 0.6) is 0 Å². The van der Waals surface area contributed by atoms with Crippen LogP contribution in [0.15, 0.2) is 39.0 Å². The Hall–Kier alpha value is -1.30. The monoisotopic (exact) mass is 292 g/mol. The highest BCUT2D eigenvalue weighted by Crippen LogP contribution is 2.30. The number of benzene rings is 1. The van der Waals surface area contributed by atoms with Crippen molar-refractivity contribution >= 4 is 11.8 Å². The van der Waals surface area contributed by atoms with Crippen molar-refractivity contribution in [1.82, 2.24) is 10.3 Å². The molecule has 0 aliphatic carbocycles. The van der Waals surface area contributed by atoms with Gasteiger partial charge in [-0.3, -0.25) is 0 Å². The summed E-state index contributed by atoms with van der Waals surface area (Å²) in [5, 5.41) is 4.06. The lowest BCUT2D eigenvalue weighted by Gasteiger charge is -2.10. The zero-order chi connectivity index (χ0) is 14.4. The Balaban J connectivity index is 2.06. The maximum atomic E-state index is 5.41. The van der Waals surface area contributed by atoms with Crippen molar-refractivity contribution in [3.63, 3.8) is 0 Å². The largest absolute Gasteiger partial charge is 0.439 e. The molecule has 20 heavy (non-hydrogen) atoms. The van der Waals surface area contributed by atoms with E-state index in [1.165, 1.54) is 16.0 Å². The van der Waals surface area contributed by atoms with Gasteiger partial charge in [-0.2, -0.15) is 0 Å². The number of rotatable bonds is 7. The molecule has 0 atom stereocenters. The SMILES string of the molecule is COCCNCc1cc(C)ccc1Sc1nc(C)co1. The Labute approximate surface area is 123 Å². The highest BCUT2D eigenvalue weighted by atomic mass is 32.2. The van der Waals surface area contributed by atoms with Crippen molar-refractivity contribution in [2.45, 2.75) is 30.5 Å². The summed E-state index contributed by atoms with van der Waals surface area (Å²) in [7, 11) is 1.71. The lowest BCUT2D eigenvalue weighted by Crippen LogP contribution is -2.19. The third-order valence-electron chi connectivity index (χ3n) is 2.81. The number of methoxy groups -OCH3 is 1. The lowest BCUT2D eigenvalue weighted by molar-refractivity contribution is 0.199. The van der Waals surface area contributed by atoms with Crippen LogP contribution in [0.4, 0.5) is 0 Å². The van der Waals surface area contributed by atoms with Gasteiger partial charge in [0, 0.05) is 25.1 Å². The molecule has 2 rings (SSSR count). The molecule has 0 unspecified atom stereocenters. The molecule has 1 heterocycles. The van der Waals surface area contributed by atoms with Gasteiger partial charge in [-0.05, 0) is 37.2 Å². The van der Waals surface area contributed by atoms with E-state index in [-0.39, 0.29) is 0 Å². The number of oxazole rings is 1. The lowest BCUT2D eigenvalue weighted by atomic mass is 10.1. The van der Waals surface area contributed by atoms with E-state index in [0.29, 0.717) is 11.8 Å². The third-order valence-corrected chi connectivity index (χ3v) is 3.79. The highest BCUT2D eigenvalue weighted by molar-refractivity contribution is 7.99. The Bertz CT molecular complexity index is 555. The summed E-state index contributed by atoms with van der Waals surface area (Å²) in [5.74, 6) is 0. The number of hydrogen-bond donors (Lipinski definition) is 1. The van der Waals surface area contributed by atoms with E-state index >= 15 is 0 Å². The van der Waals surface area contributed by atoms with E-state index < -0.39 is 0 Å². The maximum absolute atomic E-state index is 5.41. The second kappa shape index (κ2) is 7.47. The van der Waals surface area contributed by atoms with Gasteiger partial charge in [0.25, 0.3) is 5.22 Å². The van der Waals surface area contributed by atoms with Gasteiger partial charge in [0.2, 0.25) is 0 Å². The van der Waals surface area contributed by atoms with Crippen molar-refractivity contribution < 1.29 is 9.15 Å². The minimum absolute atomic E-state index is 0.685. The van der Waals surface area contributed by atoms with Crippen LogP contribution >= 0.6 is 11.8 Å². The van der Waals surface area contributed by atoms with Crippen LogP contribution in [-0.4, -0.2) is 25.2 Å². The van der Waals surface area contributed by atoms with Crippen LogP contribution in [-0.2, 0) is 11.3 Å². The molecule has 1 N–H and O–H groups in total. The Morgan fingerprint density at radius 1 is 1.35 bits per heavy atom. The summed E-state index contributed by atoms with van der Waals surface area (Å²) >= 11 is 1.56. The van der Waals surface area contributed by atoms with Gasteiger partial charge >= 0.3 is 0 Å². The first-order valence-corrected chi connectivity index (χ1v) is 7.40. The molecule has 0 radical (unpaired) electrons. The second-order valence-electron chi connectivity index (χ2n) is 4.64. The van der Waals surface area contributed by atoms with Gasteiger partial charge in [-0.1, -0.05) is 17.7 Å². The molecule has 0 bridgehead atoms. The van der Waals surface area contributed by atoms with Gasteiger partial charge in [-0.25, -0.2) is 4.98 Å². The van der Waals surface area contributed by atoms with Crippen LogP contribution in [0.2, 0.25) is 0 Å². The first-order chi connectivity index (χ1) is 9.69.